The van der Waals surface area contributed by atoms with E-state index in [1.165, 1.54) is 28.8 Å². The van der Waals surface area contributed by atoms with Crippen LogP contribution in [0.2, 0.25) is 0 Å². The molecule has 0 saturated carbocycles. The predicted octanol–water partition coefficient (Wildman–Crippen LogP) is 0.485. The van der Waals surface area contributed by atoms with E-state index in [1.54, 1.807) is 0 Å². The highest BCUT2D eigenvalue weighted by Gasteiger charge is 2.36. The number of nitrogens with zero attached hydrogens (tertiary/aromatic N) is 2. The number of amides is 2. The van der Waals surface area contributed by atoms with Crippen LogP contribution in [0.15, 0.2) is 18.2 Å². The van der Waals surface area contributed by atoms with Crippen molar-refractivity contribution in [2.24, 2.45) is 5.73 Å². The number of hydrogen-bond acceptors (Lipinski definition) is 7. The number of cyclic esters (lactones) is 1. The number of aliphatic hydroxyl groups is 1. The van der Waals surface area contributed by atoms with Crippen molar-refractivity contribution in [1.29, 1.82) is 5.41 Å². The van der Waals surface area contributed by atoms with Crippen molar-refractivity contribution in [2.75, 3.05) is 28.6 Å². The summed E-state index contributed by atoms with van der Waals surface area (Å²) in [6, 6.07) is 4.03. The van der Waals surface area contributed by atoms with E-state index in [0.717, 1.165) is 11.0 Å². The van der Waals surface area contributed by atoms with Crippen LogP contribution in [0.5, 0.6) is 0 Å². The van der Waals surface area contributed by atoms with Gasteiger partial charge in [-0.05, 0) is 18.2 Å². The first-order chi connectivity index (χ1) is 11.4. The first-order valence-electron chi connectivity index (χ1n) is 7.11. The van der Waals surface area contributed by atoms with Crippen molar-refractivity contribution in [3.05, 3.63) is 24.0 Å². The quantitative estimate of drug-likeness (QED) is 0.726. The minimum atomic E-state index is -1.19. The van der Waals surface area contributed by atoms with Gasteiger partial charge in [0.25, 0.3) is 5.91 Å². The van der Waals surface area contributed by atoms with Gasteiger partial charge in [-0.2, -0.15) is 0 Å². The topological polar surface area (TPSA) is 120 Å². The number of carbonyl (C=O) groups excluding carboxylic acids is 2. The molecule has 2 heterocycles. The Bertz CT molecular complexity index is 716. The average molecular weight is 354 g/mol. The Balaban J connectivity index is 1.84. The lowest BCUT2D eigenvalue weighted by atomic mass is 10.2. The summed E-state index contributed by atoms with van der Waals surface area (Å²) in [5.74, 6) is -0.854. The molecule has 10 heteroatoms. The highest BCUT2D eigenvalue weighted by molar-refractivity contribution is 8.14. The predicted molar refractivity (Wildman–Crippen MR) is 86.7 cm³/mol. The maximum atomic E-state index is 14.5. The van der Waals surface area contributed by atoms with Crippen LogP contribution in [0.4, 0.5) is 20.6 Å². The van der Waals surface area contributed by atoms with E-state index in [2.05, 4.69) is 0 Å². The molecule has 0 aliphatic carbocycles. The van der Waals surface area contributed by atoms with Crippen LogP contribution in [0.3, 0.4) is 0 Å². The fourth-order valence-electron chi connectivity index (χ4n) is 2.56. The lowest BCUT2D eigenvalue weighted by Crippen LogP contribution is -2.45. The van der Waals surface area contributed by atoms with Gasteiger partial charge in [0, 0.05) is 12.3 Å². The van der Waals surface area contributed by atoms with Gasteiger partial charge in [0.1, 0.15) is 10.9 Å². The van der Waals surface area contributed by atoms with Crippen molar-refractivity contribution in [3.63, 3.8) is 0 Å². The van der Waals surface area contributed by atoms with Gasteiger partial charge in [-0.25, -0.2) is 9.18 Å². The number of rotatable bonds is 3. The van der Waals surface area contributed by atoms with Crippen molar-refractivity contribution < 1.29 is 23.8 Å². The van der Waals surface area contributed by atoms with E-state index >= 15 is 0 Å². The van der Waals surface area contributed by atoms with Crippen LogP contribution in [-0.4, -0.2) is 53.3 Å². The van der Waals surface area contributed by atoms with Crippen molar-refractivity contribution >= 4 is 40.2 Å². The minimum absolute atomic E-state index is 0.0529. The molecule has 4 N–H and O–H groups in total. The molecule has 1 aromatic carbocycles. The largest absolute Gasteiger partial charge is 0.434 e. The third-order valence-corrected chi connectivity index (χ3v) is 4.71. The minimum Gasteiger partial charge on any atom is -0.434 e. The lowest BCUT2D eigenvalue weighted by Gasteiger charge is -2.34. The number of benzene rings is 1. The lowest BCUT2D eigenvalue weighted by molar-refractivity contribution is -0.124. The fraction of sp³-hybridized carbons (Fsp3) is 0.357. The molecular weight excluding hydrogens is 339 g/mol. The summed E-state index contributed by atoms with van der Waals surface area (Å²) >= 11 is 1.21. The Morgan fingerprint density at radius 2 is 2.25 bits per heavy atom. The Morgan fingerprint density at radius 1 is 1.50 bits per heavy atom. The summed E-state index contributed by atoms with van der Waals surface area (Å²) in [5.41, 5.74) is 5.46. The number of anilines is 2. The number of aliphatic hydroxyl groups excluding tert-OH is 1. The Morgan fingerprint density at radius 3 is 2.88 bits per heavy atom. The zero-order valence-electron chi connectivity index (χ0n) is 12.4. The SMILES string of the molecule is N=C1SCCN(c2ccc(N3C[C@H](C(N)=O)OC3=O)cc2F)C1O. The molecule has 128 valence electrons. The van der Waals surface area contributed by atoms with E-state index < -0.39 is 30.1 Å². The number of carbonyl (C=O) groups is 2. The summed E-state index contributed by atoms with van der Waals surface area (Å²) in [4.78, 5) is 25.4. The second kappa shape index (κ2) is 6.29. The van der Waals surface area contributed by atoms with Crippen molar-refractivity contribution in [2.45, 2.75) is 12.3 Å². The van der Waals surface area contributed by atoms with Crippen LogP contribution in [0, 0.1) is 11.2 Å². The zero-order chi connectivity index (χ0) is 17.4. The molecule has 2 saturated heterocycles. The smallest absolute Gasteiger partial charge is 0.415 e. The van der Waals surface area contributed by atoms with Crippen LogP contribution in [-0.2, 0) is 9.53 Å². The third kappa shape index (κ3) is 2.89. The molecule has 2 amide bonds. The summed E-state index contributed by atoms with van der Waals surface area (Å²) in [5, 5.41) is 17.7. The number of primary amides is 1. The van der Waals surface area contributed by atoms with Gasteiger partial charge in [-0.1, -0.05) is 0 Å². The molecule has 2 aliphatic heterocycles. The van der Waals surface area contributed by atoms with Crippen molar-refractivity contribution in [3.8, 4) is 0 Å². The molecule has 1 unspecified atom stereocenters. The number of hydrogen-bond donors (Lipinski definition) is 3. The zero-order valence-corrected chi connectivity index (χ0v) is 13.3. The van der Waals surface area contributed by atoms with Gasteiger partial charge in [-0.15, -0.1) is 11.8 Å². The van der Waals surface area contributed by atoms with E-state index in [9.17, 15) is 19.1 Å². The molecule has 8 nitrogen and oxygen atoms in total. The molecule has 0 aromatic heterocycles. The molecule has 2 atom stereocenters. The second-order valence-corrected chi connectivity index (χ2v) is 6.44. The van der Waals surface area contributed by atoms with Crippen LogP contribution in [0.25, 0.3) is 0 Å². The Labute approximate surface area is 140 Å². The number of ether oxygens (including phenoxy) is 1. The molecule has 0 bridgehead atoms. The van der Waals surface area contributed by atoms with Gasteiger partial charge in [0.2, 0.25) is 0 Å². The average Bonchev–Trinajstić information content (AvgIpc) is 2.93. The van der Waals surface area contributed by atoms with E-state index in [4.69, 9.17) is 15.9 Å². The molecule has 2 aliphatic rings. The number of halogens is 1. The molecule has 2 fully saturated rings. The molecular formula is C14H15FN4O4S. The molecule has 3 rings (SSSR count). The van der Waals surface area contributed by atoms with E-state index in [1.807, 2.05) is 0 Å². The summed E-state index contributed by atoms with van der Waals surface area (Å²) in [7, 11) is 0. The molecule has 24 heavy (non-hydrogen) atoms. The standard InChI is InChI=1S/C14H15FN4O4S/c15-8-5-7(19-6-10(11(16)20)23-14(19)22)1-2-9(8)18-3-4-24-12(17)13(18)21/h1-2,5,10,13,17,21H,3-4,6H2,(H2,16,20)/t10-,13?/m1/s1. The van der Waals surface area contributed by atoms with Gasteiger partial charge in [0.05, 0.1) is 17.9 Å². The number of thioether (sulfide) groups is 1. The monoisotopic (exact) mass is 354 g/mol. The maximum Gasteiger partial charge on any atom is 0.415 e. The first kappa shape index (κ1) is 16.5. The molecule has 1 aromatic rings. The summed E-state index contributed by atoms with van der Waals surface area (Å²) < 4.78 is 19.3. The van der Waals surface area contributed by atoms with E-state index in [-0.39, 0.29) is 23.0 Å². The number of nitrogens with one attached hydrogen (secondary N) is 1. The second-order valence-electron chi connectivity index (χ2n) is 5.30. The first-order valence-corrected chi connectivity index (χ1v) is 8.10. The molecule has 0 spiro atoms. The van der Waals surface area contributed by atoms with Gasteiger partial charge >= 0.3 is 6.09 Å². The van der Waals surface area contributed by atoms with Crippen LogP contribution in [0.1, 0.15) is 0 Å². The van der Waals surface area contributed by atoms with Crippen LogP contribution >= 0.6 is 11.8 Å². The van der Waals surface area contributed by atoms with Gasteiger partial charge < -0.3 is 20.5 Å². The highest BCUT2D eigenvalue weighted by atomic mass is 32.2. The molecule has 0 radical (unpaired) electrons. The van der Waals surface area contributed by atoms with E-state index in [0.29, 0.717) is 12.3 Å². The fourth-order valence-corrected chi connectivity index (χ4v) is 3.35. The maximum absolute atomic E-state index is 14.5. The number of nitrogens with two attached hydrogens (primary N) is 1. The summed E-state index contributed by atoms with van der Waals surface area (Å²) in [6.45, 7) is 0.306. The Kier molecular flexibility index (Phi) is 4.33. The highest BCUT2D eigenvalue weighted by Crippen LogP contribution is 2.31. The Hall–Kier alpha value is -2.33. The van der Waals surface area contributed by atoms with Crippen LogP contribution < -0.4 is 15.5 Å². The normalized spacial score (nSPS) is 24.2. The third-order valence-electron chi connectivity index (χ3n) is 3.80. The van der Waals surface area contributed by atoms with Gasteiger partial charge in [0.15, 0.2) is 12.3 Å². The van der Waals surface area contributed by atoms with Crippen molar-refractivity contribution in [1.82, 2.24) is 0 Å². The summed E-state index contributed by atoms with van der Waals surface area (Å²) in [6.07, 6.45) is -3.04. The van der Waals surface area contributed by atoms with Gasteiger partial charge in [-0.3, -0.25) is 15.1 Å².